The van der Waals surface area contributed by atoms with Crippen molar-refractivity contribution in [1.29, 1.82) is 0 Å². The van der Waals surface area contributed by atoms with E-state index < -0.39 is 48.0 Å². The van der Waals surface area contributed by atoms with Gasteiger partial charge in [-0.15, -0.1) is 11.3 Å². The Labute approximate surface area is 322 Å². The number of nitrogens with zero attached hydrogens (tertiary/aromatic N) is 3. The van der Waals surface area contributed by atoms with Crippen LogP contribution in [0.1, 0.15) is 107 Å². The monoisotopic (exact) mass is 773 g/mol. The number of hydrogen-bond acceptors (Lipinski definition) is 11. The number of carboxylic acids is 1. The molecule has 2 aromatic rings. The predicted molar refractivity (Wildman–Crippen MR) is 205 cm³/mol. The maximum atomic E-state index is 14.4. The Morgan fingerprint density at radius 1 is 1.06 bits per heavy atom. The third kappa shape index (κ3) is 12.8. The molecule has 0 radical (unpaired) electrons. The summed E-state index contributed by atoms with van der Waals surface area (Å²) in [5, 5.41) is 37.2. The number of likely N-dealkylation sites (tertiary alicyclic amines) is 1. The molecule has 15 heteroatoms. The number of phenols is 1. The standard InChI is InChI=1S/C39H59N5O9S/c1-8-24(4)34(42-36(49)31-11-9-10-16-43(31)7)38(50)44(17-18-45)32(23(2)3)21-33(53-26(6)46)37-41-30(22-54-37)35(48)40-28(19-25(5)39(51)52)20-27-12-14-29(47)15-13-27/h12-15,22-25,28,31-34,45,47H,8-11,16-21H2,1-7H3,(H,40,48)(H,42,49)(H,51,52)/t24?,25-,28+,31+,32+,33+,34-/m0/s1. The molecule has 1 fully saturated rings. The molecule has 1 aromatic carbocycles. The molecule has 3 amide bonds. The van der Waals surface area contributed by atoms with Crippen LogP contribution in [-0.2, 0) is 30.3 Å². The van der Waals surface area contributed by atoms with Crippen LogP contribution in [-0.4, -0.2) is 111 Å². The molecule has 3 rings (SSSR count). The molecular formula is C39H59N5O9S. The molecule has 0 aliphatic carbocycles. The number of thiazole rings is 1. The Morgan fingerprint density at radius 2 is 1.74 bits per heavy atom. The summed E-state index contributed by atoms with van der Waals surface area (Å²) < 4.78 is 5.77. The van der Waals surface area contributed by atoms with Gasteiger partial charge in [-0.25, -0.2) is 4.98 Å². The number of amides is 3. The number of likely N-dealkylation sites (N-methyl/N-ethyl adjacent to an activating group) is 1. The molecule has 14 nitrogen and oxygen atoms in total. The Balaban J connectivity index is 1.88. The number of hydrogen-bond donors (Lipinski definition) is 5. The SMILES string of the molecule is CCC(C)[C@H](NC(=O)[C@H]1CCCCN1C)C(=O)N(CCO)[C@H](C[C@@H](OC(C)=O)c1nc(C(=O)N[C@@H](Cc2ccc(O)cc2)C[C@H](C)C(=O)O)cs1)C(C)C. The molecule has 7 atom stereocenters. The Morgan fingerprint density at radius 3 is 2.31 bits per heavy atom. The molecule has 1 saturated heterocycles. The number of ether oxygens (including phenoxy) is 1. The van der Waals surface area contributed by atoms with E-state index in [0.29, 0.717) is 24.3 Å². The molecule has 1 unspecified atom stereocenters. The molecule has 0 bridgehead atoms. The second-order valence-corrected chi connectivity index (χ2v) is 15.7. The van der Waals surface area contributed by atoms with Gasteiger partial charge in [0.25, 0.3) is 5.91 Å². The lowest BCUT2D eigenvalue weighted by Gasteiger charge is -2.40. The molecule has 0 spiro atoms. The summed E-state index contributed by atoms with van der Waals surface area (Å²) in [6.07, 6.45) is 2.91. The number of carbonyl (C=O) groups is 5. The van der Waals surface area contributed by atoms with Crippen LogP contribution in [0.15, 0.2) is 29.6 Å². The van der Waals surface area contributed by atoms with Crippen molar-refractivity contribution in [3.8, 4) is 5.75 Å². The number of aliphatic hydroxyl groups is 1. The summed E-state index contributed by atoms with van der Waals surface area (Å²) >= 11 is 1.12. The van der Waals surface area contributed by atoms with E-state index in [1.165, 1.54) is 24.4 Å². The highest BCUT2D eigenvalue weighted by atomic mass is 32.1. The fourth-order valence-corrected chi connectivity index (χ4v) is 7.72. The number of esters is 1. The summed E-state index contributed by atoms with van der Waals surface area (Å²) in [7, 11) is 1.91. The summed E-state index contributed by atoms with van der Waals surface area (Å²) in [4.78, 5) is 73.7. The van der Waals surface area contributed by atoms with Crippen LogP contribution in [0.5, 0.6) is 5.75 Å². The van der Waals surface area contributed by atoms with Crippen LogP contribution in [0, 0.1) is 17.8 Å². The summed E-state index contributed by atoms with van der Waals surface area (Å²) in [6, 6.07) is 4.15. The number of rotatable bonds is 20. The first kappa shape index (κ1) is 44.3. The zero-order valence-electron chi connectivity index (χ0n) is 32.6. The van der Waals surface area contributed by atoms with Gasteiger partial charge in [0.1, 0.15) is 22.5 Å². The predicted octanol–water partition coefficient (Wildman–Crippen LogP) is 4.16. The van der Waals surface area contributed by atoms with E-state index in [1.54, 1.807) is 24.0 Å². The van der Waals surface area contributed by atoms with Crippen molar-refractivity contribution in [2.24, 2.45) is 17.8 Å². The molecule has 0 saturated carbocycles. The molecule has 54 heavy (non-hydrogen) atoms. The van der Waals surface area contributed by atoms with Gasteiger partial charge in [0.2, 0.25) is 11.8 Å². The van der Waals surface area contributed by atoms with Crippen molar-refractivity contribution >= 4 is 41.0 Å². The minimum absolute atomic E-state index is 0.0106. The van der Waals surface area contributed by atoms with Gasteiger partial charge >= 0.3 is 11.9 Å². The van der Waals surface area contributed by atoms with E-state index in [9.17, 15) is 39.3 Å². The highest BCUT2D eigenvalue weighted by Gasteiger charge is 2.38. The Bertz CT molecular complexity index is 1550. The van der Waals surface area contributed by atoms with Crippen molar-refractivity contribution in [2.45, 2.75) is 117 Å². The minimum atomic E-state index is -0.997. The number of carbonyl (C=O) groups excluding carboxylic acids is 4. The number of aromatic nitrogens is 1. The summed E-state index contributed by atoms with van der Waals surface area (Å²) in [6.45, 7) is 11.0. The first-order valence-electron chi connectivity index (χ1n) is 18.9. The highest BCUT2D eigenvalue weighted by molar-refractivity contribution is 7.09. The van der Waals surface area contributed by atoms with Gasteiger partial charge in [-0.1, -0.05) is 59.6 Å². The lowest BCUT2D eigenvalue weighted by Crippen LogP contribution is -2.59. The minimum Gasteiger partial charge on any atom is -0.508 e. The van der Waals surface area contributed by atoms with Crippen molar-refractivity contribution in [3.05, 3.63) is 45.9 Å². The summed E-state index contributed by atoms with van der Waals surface area (Å²) in [5.74, 6) is -3.68. The van der Waals surface area contributed by atoms with Crippen LogP contribution >= 0.6 is 11.3 Å². The van der Waals surface area contributed by atoms with E-state index in [2.05, 4.69) is 15.6 Å². The highest BCUT2D eigenvalue weighted by Crippen LogP contribution is 2.32. The van der Waals surface area contributed by atoms with Crippen molar-refractivity contribution in [2.75, 3.05) is 26.7 Å². The fraction of sp³-hybridized carbons (Fsp3) is 0.641. The first-order chi connectivity index (χ1) is 25.6. The van der Waals surface area contributed by atoms with Crippen LogP contribution in [0.4, 0.5) is 0 Å². The molecule has 1 aromatic heterocycles. The number of benzene rings is 1. The van der Waals surface area contributed by atoms with Crippen LogP contribution < -0.4 is 10.6 Å². The van der Waals surface area contributed by atoms with E-state index in [0.717, 1.165) is 36.3 Å². The average Bonchev–Trinajstić information content (AvgIpc) is 3.62. The topological polar surface area (TPSA) is 199 Å². The first-order valence-corrected chi connectivity index (χ1v) is 19.8. The second-order valence-electron chi connectivity index (χ2n) is 14.9. The van der Waals surface area contributed by atoms with Gasteiger partial charge in [-0.3, -0.25) is 28.9 Å². The maximum Gasteiger partial charge on any atom is 0.306 e. The molecule has 1 aliphatic rings. The summed E-state index contributed by atoms with van der Waals surface area (Å²) in [5.41, 5.74) is 0.852. The Kier molecular flexibility index (Phi) is 17.3. The van der Waals surface area contributed by atoms with Gasteiger partial charge in [0.05, 0.1) is 18.6 Å². The van der Waals surface area contributed by atoms with Gasteiger partial charge in [0.15, 0.2) is 6.10 Å². The molecule has 1 aliphatic heterocycles. The number of aliphatic carboxylic acids is 1. The largest absolute Gasteiger partial charge is 0.508 e. The lowest BCUT2D eigenvalue weighted by atomic mass is 9.92. The number of aromatic hydroxyl groups is 1. The lowest BCUT2D eigenvalue weighted by molar-refractivity contribution is -0.150. The van der Waals surface area contributed by atoms with Gasteiger partial charge in [-0.2, -0.15) is 0 Å². The molecule has 2 heterocycles. The van der Waals surface area contributed by atoms with Crippen LogP contribution in [0.25, 0.3) is 0 Å². The van der Waals surface area contributed by atoms with Gasteiger partial charge < -0.3 is 35.6 Å². The average molecular weight is 774 g/mol. The van der Waals surface area contributed by atoms with E-state index in [4.69, 9.17) is 4.74 Å². The zero-order chi connectivity index (χ0) is 40.1. The third-order valence-corrected chi connectivity index (χ3v) is 11.2. The van der Waals surface area contributed by atoms with Crippen molar-refractivity contribution in [3.63, 3.8) is 0 Å². The number of carboxylic acid groups (broad SMARTS) is 1. The quantitative estimate of drug-likeness (QED) is 0.121. The number of phenolic OH excluding ortho intramolecular Hbond substituents is 1. The van der Waals surface area contributed by atoms with E-state index in [1.807, 2.05) is 39.6 Å². The van der Waals surface area contributed by atoms with Crippen molar-refractivity contribution in [1.82, 2.24) is 25.4 Å². The molecule has 5 N–H and O–H groups in total. The smallest absolute Gasteiger partial charge is 0.306 e. The molecular weight excluding hydrogens is 715 g/mol. The molecule has 300 valence electrons. The normalized spacial score (nSPS) is 18.1. The second kappa shape index (κ2) is 21.1. The third-order valence-electron chi connectivity index (χ3n) is 10.3. The number of nitrogens with one attached hydrogen (secondary N) is 2. The Hall–Kier alpha value is -4.08. The van der Waals surface area contributed by atoms with Gasteiger partial charge in [-0.05, 0) is 68.8 Å². The maximum absolute atomic E-state index is 14.4. The van der Waals surface area contributed by atoms with Crippen LogP contribution in [0.2, 0.25) is 0 Å². The van der Waals surface area contributed by atoms with E-state index >= 15 is 0 Å². The fourth-order valence-electron chi connectivity index (χ4n) is 6.88. The van der Waals surface area contributed by atoms with Gasteiger partial charge in [0, 0.05) is 37.4 Å². The zero-order valence-corrected chi connectivity index (χ0v) is 33.4. The van der Waals surface area contributed by atoms with Crippen LogP contribution in [0.3, 0.4) is 0 Å². The van der Waals surface area contributed by atoms with E-state index in [-0.39, 0.29) is 67.1 Å². The number of piperidine rings is 1. The number of aliphatic hydroxyl groups excluding tert-OH is 1. The van der Waals surface area contributed by atoms with Crippen molar-refractivity contribution < 1.29 is 44.0 Å².